The summed E-state index contributed by atoms with van der Waals surface area (Å²) in [7, 11) is 0. The lowest BCUT2D eigenvalue weighted by Crippen LogP contribution is -2.33. The molecule has 2 aliphatic heterocycles. The first kappa shape index (κ1) is 28.6. The van der Waals surface area contributed by atoms with Crippen molar-refractivity contribution >= 4 is 29.1 Å². The van der Waals surface area contributed by atoms with E-state index >= 15 is 0 Å². The molecule has 41 heavy (non-hydrogen) atoms. The molecule has 13 nitrogen and oxygen atoms in total. The van der Waals surface area contributed by atoms with E-state index in [1.54, 1.807) is 17.2 Å². The van der Waals surface area contributed by atoms with Crippen LogP contribution < -0.4 is 5.73 Å². The molecule has 0 saturated carbocycles. The molecule has 1 amide bonds. The van der Waals surface area contributed by atoms with Gasteiger partial charge < -0.3 is 35.4 Å². The van der Waals surface area contributed by atoms with Crippen LogP contribution in [0.2, 0.25) is 0 Å². The van der Waals surface area contributed by atoms with Gasteiger partial charge in [0.25, 0.3) is 5.91 Å². The Kier molecular flexibility index (Phi) is 8.31. The van der Waals surface area contributed by atoms with Crippen LogP contribution in [0, 0.1) is 0 Å². The van der Waals surface area contributed by atoms with Crippen molar-refractivity contribution in [3.8, 4) is 0 Å². The fraction of sp³-hybridized carbons (Fsp3) is 0.464. The number of aryl methyl sites for hydroxylation is 1. The number of aliphatic hydroxyl groups excluding tert-OH is 3. The number of nitrogen functional groups attached to an aromatic ring is 1. The van der Waals surface area contributed by atoms with Gasteiger partial charge in [-0.05, 0) is 38.3 Å². The quantitative estimate of drug-likeness (QED) is 0.258. The first-order chi connectivity index (χ1) is 19.8. The number of aliphatic hydroxyl groups is 3. The van der Waals surface area contributed by atoms with Crippen molar-refractivity contribution in [3.63, 3.8) is 0 Å². The highest BCUT2D eigenvalue weighted by Gasteiger charge is 2.44. The van der Waals surface area contributed by atoms with Crippen LogP contribution in [0.5, 0.6) is 0 Å². The number of hydrogen-bond donors (Lipinski definition) is 4. The average Bonchev–Trinajstić information content (AvgIpc) is 3.68. The van der Waals surface area contributed by atoms with E-state index in [1.807, 2.05) is 44.2 Å². The summed E-state index contributed by atoms with van der Waals surface area (Å²) < 4.78 is 13.0. The maximum absolute atomic E-state index is 12.5. The number of carbonyl (C=O) groups is 1. The molecule has 5 atom stereocenters. The van der Waals surface area contributed by atoms with Gasteiger partial charge >= 0.3 is 0 Å². The van der Waals surface area contributed by atoms with Gasteiger partial charge in [-0.2, -0.15) is 0 Å². The van der Waals surface area contributed by atoms with Crippen molar-refractivity contribution in [2.45, 2.75) is 56.8 Å². The third kappa shape index (κ3) is 5.53. The highest BCUT2D eigenvalue weighted by molar-refractivity contribution is 5.84. The Balaban J connectivity index is 1.51. The maximum Gasteiger partial charge on any atom is 0.260 e. The number of fused-ring (bicyclic) bond motifs is 1. The van der Waals surface area contributed by atoms with Crippen molar-refractivity contribution in [2.75, 3.05) is 32.0 Å². The summed E-state index contributed by atoms with van der Waals surface area (Å²) in [6.07, 6.45) is 1.22. The van der Waals surface area contributed by atoms with Crippen molar-refractivity contribution in [1.29, 1.82) is 0 Å². The number of rotatable bonds is 11. The Morgan fingerprint density at radius 2 is 1.93 bits per heavy atom. The van der Waals surface area contributed by atoms with E-state index in [4.69, 9.17) is 25.2 Å². The summed E-state index contributed by atoms with van der Waals surface area (Å²) in [5, 5.41) is 30.5. The number of nitrogens with two attached hydrogens (primary N) is 1. The molecule has 3 aromatic rings. The molecule has 2 aliphatic rings. The Morgan fingerprint density at radius 3 is 2.61 bits per heavy atom. The Morgan fingerprint density at radius 1 is 1.17 bits per heavy atom. The number of imidazole rings is 1. The fourth-order valence-corrected chi connectivity index (χ4v) is 5.16. The molecule has 3 unspecified atom stereocenters. The molecule has 0 radical (unpaired) electrons. The lowest BCUT2D eigenvalue weighted by Gasteiger charge is -2.23. The van der Waals surface area contributed by atoms with Crippen LogP contribution in [0.15, 0.2) is 53.5 Å². The van der Waals surface area contributed by atoms with Crippen LogP contribution in [0.4, 0.5) is 5.82 Å². The number of aromatic nitrogens is 4. The van der Waals surface area contributed by atoms with Gasteiger partial charge in [-0.3, -0.25) is 14.4 Å². The molecular formula is C28H35N7O6. The van der Waals surface area contributed by atoms with E-state index in [0.29, 0.717) is 31.7 Å². The van der Waals surface area contributed by atoms with Gasteiger partial charge in [0, 0.05) is 13.1 Å². The topological polar surface area (TPSA) is 181 Å². The van der Waals surface area contributed by atoms with Crippen LogP contribution >= 0.6 is 0 Å². The lowest BCUT2D eigenvalue weighted by molar-refractivity contribution is -0.134. The normalized spacial score (nSPS) is 25.5. The van der Waals surface area contributed by atoms with Crippen LogP contribution in [-0.4, -0.2) is 96.5 Å². The summed E-state index contributed by atoms with van der Waals surface area (Å²) >= 11 is 0. The zero-order chi connectivity index (χ0) is 29.1. The molecule has 5 N–H and O–H groups in total. The van der Waals surface area contributed by atoms with Gasteiger partial charge in [0.1, 0.15) is 35.1 Å². The number of aliphatic imine (C=N–C) groups is 1. The average molecular weight is 566 g/mol. The van der Waals surface area contributed by atoms with Gasteiger partial charge in [-0.25, -0.2) is 15.0 Å². The SMILES string of the molecule is CCN(CC)C(=O)COC1=CC(CCc2ccccc2)(c2nc(N)c3ncn([C@@H]4O[C@H](CO)C(O)C4O)c3n2)N=C1. The highest BCUT2D eigenvalue weighted by Crippen LogP contribution is 2.38. The minimum atomic E-state index is -1.33. The number of hydrogen-bond acceptors (Lipinski definition) is 11. The monoisotopic (exact) mass is 565 g/mol. The molecule has 1 aromatic carbocycles. The first-order valence-corrected chi connectivity index (χ1v) is 13.7. The van der Waals surface area contributed by atoms with E-state index in [1.165, 1.54) is 10.9 Å². The van der Waals surface area contributed by atoms with Crippen LogP contribution in [-0.2, 0) is 26.2 Å². The summed E-state index contributed by atoms with van der Waals surface area (Å²) in [4.78, 5) is 32.7. The molecule has 13 heteroatoms. The molecule has 1 saturated heterocycles. The molecule has 0 spiro atoms. The number of anilines is 1. The van der Waals surface area contributed by atoms with Crippen LogP contribution in [0.3, 0.4) is 0 Å². The number of benzene rings is 1. The fourth-order valence-electron chi connectivity index (χ4n) is 5.16. The van der Waals surface area contributed by atoms with Crippen LogP contribution in [0.25, 0.3) is 11.2 Å². The molecular weight excluding hydrogens is 530 g/mol. The summed E-state index contributed by atoms with van der Waals surface area (Å²) in [5.41, 5.74) is 6.93. The number of allylic oxidation sites excluding steroid dienone is 1. The predicted molar refractivity (Wildman–Crippen MR) is 150 cm³/mol. The van der Waals surface area contributed by atoms with Gasteiger partial charge in [0.15, 0.2) is 30.1 Å². The smallest absolute Gasteiger partial charge is 0.260 e. The molecule has 0 aliphatic carbocycles. The lowest BCUT2D eigenvalue weighted by atomic mass is 9.91. The minimum absolute atomic E-state index is 0.101. The molecule has 2 aromatic heterocycles. The van der Waals surface area contributed by atoms with Gasteiger partial charge in [0.05, 0.1) is 19.1 Å². The number of nitrogens with zero attached hydrogens (tertiary/aromatic N) is 6. The predicted octanol–water partition coefficient (Wildman–Crippen LogP) is 0.701. The molecule has 5 rings (SSSR count). The Bertz CT molecular complexity index is 1440. The van der Waals surface area contributed by atoms with Crippen molar-refractivity contribution in [2.24, 2.45) is 4.99 Å². The largest absolute Gasteiger partial charge is 0.482 e. The number of ether oxygens (including phenoxy) is 2. The van der Waals surface area contributed by atoms with Gasteiger partial charge in [0.2, 0.25) is 0 Å². The van der Waals surface area contributed by atoms with E-state index in [9.17, 15) is 20.1 Å². The van der Waals surface area contributed by atoms with Crippen LogP contribution in [0.1, 0.15) is 37.9 Å². The highest BCUT2D eigenvalue weighted by atomic mass is 16.6. The number of carbonyl (C=O) groups excluding carboxylic acids is 1. The Hall–Kier alpha value is -3.91. The summed E-state index contributed by atoms with van der Waals surface area (Å²) in [6, 6.07) is 9.91. The summed E-state index contributed by atoms with van der Waals surface area (Å²) in [5.74, 6) is 0.661. The molecule has 218 valence electrons. The number of amides is 1. The zero-order valence-corrected chi connectivity index (χ0v) is 23.0. The second-order valence-corrected chi connectivity index (χ2v) is 10.1. The molecule has 1 fully saturated rings. The third-order valence-electron chi connectivity index (χ3n) is 7.55. The van der Waals surface area contributed by atoms with Crippen molar-refractivity contribution < 1.29 is 29.6 Å². The van der Waals surface area contributed by atoms with E-state index in [2.05, 4.69) is 9.97 Å². The minimum Gasteiger partial charge on any atom is -0.482 e. The molecule has 4 heterocycles. The molecule has 0 bridgehead atoms. The number of likely N-dealkylation sites (N-methyl/N-ethyl adjacent to an activating group) is 1. The van der Waals surface area contributed by atoms with Crippen molar-refractivity contribution in [3.05, 3.63) is 59.9 Å². The standard InChI is InChI=1S/C28H35N7O6/c1-3-34(4-2)20(37)15-40-18-12-28(31-13-18,11-10-17-8-6-5-7-9-17)27-32-24(29)21-25(33-27)35(16-30-21)26-23(39)22(38)19(14-36)41-26/h5-9,12-13,16,19,22-23,26,36,38-39H,3-4,10-11,14-15H2,1-2H3,(H2,29,32,33)/t19-,22?,23?,26-,28?/m1/s1. The first-order valence-electron chi connectivity index (χ1n) is 13.7. The summed E-state index contributed by atoms with van der Waals surface area (Å²) in [6.45, 7) is 4.40. The van der Waals surface area contributed by atoms with E-state index in [-0.39, 0.29) is 35.3 Å². The van der Waals surface area contributed by atoms with E-state index < -0.39 is 36.7 Å². The van der Waals surface area contributed by atoms with Gasteiger partial charge in [-0.15, -0.1) is 0 Å². The second kappa shape index (κ2) is 11.9. The van der Waals surface area contributed by atoms with E-state index in [0.717, 1.165) is 5.56 Å². The Labute approximate surface area is 237 Å². The maximum atomic E-state index is 12.5. The van der Waals surface area contributed by atoms with Gasteiger partial charge in [-0.1, -0.05) is 30.3 Å². The van der Waals surface area contributed by atoms with Crippen molar-refractivity contribution in [1.82, 2.24) is 24.4 Å². The third-order valence-corrected chi connectivity index (χ3v) is 7.55. The zero-order valence-electron chi connectivity index (χ0n) is 23.0. The second-order valence-electron chi connectivity index (χ2n) is 10.1.